The maximum absolute atomic E-state index is 14.8. The van der Waals surface area contributed by atoms with Crippen LogP contribution in [0.4, 0.5) is 0 Å². The zero-order chi connectivity index (χ0) is 21.7. The Kier molecular flexibility index (Phi) is 6.34. The van der Waals surface area contributed by atoms with Crippen LogP contribution in [-0.2, 0) is 9.30 Å². The van der Waals surface area contributed by atoms with E-state index in [1.807, 2.05) is 97.9 Å². The Morgan fingerprint density at radius 2 is 1.52 bits per heavy atom. The smallest absolute Gasteiger partial charge is 0.213 e. The van der Waals surface area contributed by atoms with Crippen LogP contribution in [0.15, 0.2) is 91.0 Å². The molecule has 0 N–H and O–H groups in total. The van der Waals surface area contributed by atoms with E-state index in [1.54, 1.807) is 4.68 Å². The van der Waals surface area contributed by atoms with Crippen molar-refractivity contribution in [1.82, 2.24) is 15.0 Å². The second-order valence-corrected chi connectivity index (χ2v) is 10.2. The molecule has 4 aromatic rings. The zero-order valence-corrected chi connectivity index (χ0v) is 18.7. The number of allylic oxidation sites excluding steroid dienone is 1. The summed E-state index contributed by atoms with van der Waals surface area (Å²) in [4.78, 5) is 0. The minimum absolute atomic E-state index is 0.262. The van der Waals surface area contributed by atoms with Gasteiger partial charge in [0.25, 0.3) is 0 Å². The van der Waals surface area contributed by atoms with Crippen molar-refractivity contribution in [3.8, 4) is 0 Å². The van der Waals surface area contributed by atoms with Gasteiger partial charge in [-0.25, -0.2) is 0 Å². The third-order valence-corrected chi connectivity index (χ3v) is 8.93. The fourth-order valence-electron chi connectivity index (χ4n) is 3.83. The second kappa shape index (κ2) is 9.32. The highest BCUT2D eigenvalue weighted by Crippen LogP contribution is 2.51. The van der Waals surface area contributed by atoms with E-state index in [0.717, 1.165) is 21.6 Å². The number of nitrogens with zero attached hydrogens (tertiary/aromatic N) is 3. The number of hydrogen-bond donors (Lipinski definition) is 0. The molecule has 0 aliphatic rings. The molecule has 1 unspecified atom stereocenters. The molecule has 0 saturated heterocycles. The Bertz CT molecular complexity index is 1180. The monoisotopic (exact) mass is 431 g/mol. The predicted octanol–water partition coefficient (Wildman–Crippen LogP) is 5.06. The number of para-hydroxylation sites is 1. The maximum Gasteiger partial charge on any atom is 0.213 e. The largest absolute Gasteiger partial charge is 0.478 e. The molecular weight excluding hydrogens is 405 g/mol. The molecule has 0 fully saturated rings. The molecule has 0 amide bonds. The molecule has 1 aromatic heterocycles. The highest BCUT2D eigenvalue weighted by molar-refractivity contribution is 7.79. The van der Waals surface area contributed by atoms with Crippen molar-refractivity contribution in [3.05, 3.63) is 91.0 Å². The Balaban J connectivity index is 1.89. The average molecular weight is 431 g/mol. The molecule has 5 nitrogen and oxygen atoms in total. The van der Waals surface area contributed by atoms with E-state index in [-0.39, 0.29) is 5.66 Å². The van der Waals surface area contributed by atoms with Gasteiger partial charge in [0.05, 0.1) is 12.1 Å². The highest BCUT2D eigenvalue weighted by Gasteiger charge is 2.35. The third-order valence-electron chi connectivity index (χ3n) is 5.35. The van der Waals surface area contributed by atoms with Crippen LogP contribution in [0.1, 0.15) is 20.3 Å². The number of fused-ring (bicyclic) bond motifs is 1. The van der Waals surface area contributed by atoms with Crippen molar-refractivity contribution < 1.29 is 9.30 Å². The minimum atomic E-state index is -2.99. The van der Waals surface area contributed by atoms with E-state index in [0.29, 0.717) is 18.9 Å². The summed E-state index contributed by atoms with van der Waals surface area (Å²) in [6.07, 6.45) is 2.65. The van der Waals surface area contributed by atoms with Crippen LogP contribution in [0.5, 0.6) is 0 Å². The predicted molar refractivity (Wildman–Crippen MR) is 127 cm³/mol. The molecule has 31 heavy (non-hydrogen) atoms. The van der Waals surface area contributed by atoms with Crippen molar-refractivity contribution in [2.75, 3.05) is 6.61 Å². The van der Waals surface area contributed by atoms with Crippen LogP contribution in [-0.4, -0.2) is 27.3 Å². The van der Waals surface area contributed by atoms with Crippen molar-refractivity contribution in [3.63, 3.8) is 0 Å². The Morgan fingerprint density at radius 1 is 0.935 bits per heavy atom. The first kappa shape index (κ1) is 21.1. The van der Waals surface area contributed by atoms with Gasteiger partial charge in [-0.1, -0.05) is 84.9 Å². The third kappa shape index (κ3) is 4.06. The van der Waals surface area contributed by atoms with E-state index in [1.165, 1.54) is 0 Å². The van der Waals surface area contributed by atoms with Crippen LogP contribution in [0, 0.1) is 0 Å². The topological polar surface area (TPSA) is 57.0 Å². The van der Waals surface area contributed by atoms with Crippen LogP contribution in [0.25, 0.3) is 16.9 Å². The second-order valence-electron chi connectivity index (χ2n) is 7.23. The van der Waals surface area contributed by atoms with E-state index in [9.17, 15) is 4.57 Å². The van der Waals surface area contributed by atoms with Crippen molar-refractivity contribution in [1.29, 1.82) is 0 Å². The zero-order valence-electron chi connectivity index (χ0n) is 17.8. The van der Waals surface area contributed by atoms with Crippen LogP contribution in [0.2, 0.25) is 0 Å². The van der Waals surface area contributed by atoms with E-state index >= 15 is 0 Å². The molecule has 4 rings (SSSR count). The number of ether oxygens (including phenoxy) is 1. The van der Waals surface area contributed by atoms with Crippen molar-refractivity contribution in [2.24, 2.45) is 0 Å². The quantitative estimate of drug-likeness (QED) is 0.289. The first-order valence-corrected chi connectivity index (χ1v) is 12.3. The summed E-state index contributed by atoms with van der Waals surface area (Å²) in [5.74, 6) is 0.551. The number of benzene rings is 3. The Hall–Kier alpha value is -3.17. The summed E-state index contributed by atoms with van der Waals surface area (Å²) in [5, 5.41) is 10.2. The molecular formula is C25H26N3O2P. The molecule has 0 aliphatic carbocycles. The van der Waals surface area contributed by atoms with Crippen molar-refractivity contribution in [2.45, 2.75) is 25.9 Å². The molecule has 3 aromatic carbocycles. The first-order valence-electron chi connectivity index (χ1n) is 10.5. The van der Waals surface area contributed by atoms with E-state index in [4.69, 9.17) is 4.74 Å². The summed E-state index contributed by atoms with van der Waals surface area (Å²) in [6.45, 7) is 4.46. The van der Waals surface area contributed by atoms with Gasteiger partial charge in [0.2, 0.25) is 5.88 Å². The fourth-order valence-corrected chi connectivity index (χ4v) is 6.98. The normalized spacial score (nSPS) is 13.3. The lowest BCUT2D eigenvalue weighted by molar-refractivity contribution is 0.271. The van der Waals surface area contributed by atoms with Gasteiger partial charge < -0.3 is 9.30 Å². The van der Waals surface area contributed by atoms with Crippen LogP contribution < -0.4 is 10.6 Å². The summed E-state index contributed by atoms with van der Waals surface area (Å²) in [5.41, 5.74) is 1.38. The lowest BCUT2D eigenvalue weighted by Crippen LogP contribution is -2.25. The molecule has 0 spiro atoms. The number of aromatic nitrogens is 3. The van der Waals surface area contributed by atoms with Gasteiger partial charge in [-0.05, 0) is 31.6 Å². The van der Waals surface area contributed by atoms with Crippen LogP contribution in [0.3, 0.4) is 0 Å². The summed E-state index contributed by atoms with van der Waals surface area (Å²) < 4.78 is 22.5. The van der Waals surface area contributed by atoms with Gasteiger partial charge in [0.1, 0.15) is 12.7 Å². The molecule has 0 saturated carbocycles. The van der Waals surface area contributed by atoms with Gasteiger partial charge >= 0.3 is 0 Å². The van der Waals surface area contributed by atoms with Gasteiger partial charge in [-0.2, -0.15) is 4.68 Å². The van der Waals surface area contributed by atoms with Crippen LogP contribution >= 0.6 is 7.14 Å². The lowest BCUT2D eigenvalue weighted by Gasteiger charge is -2.26. The standard InChI is InChI=1S/C25H26N3O2P/c1-3-20(19-25(30-4-2)28-24-18-12-11-17-23(24)26-27-28)31(29,21-13-7-5-8-14-21)22-15-9-6-10-16-22/h5-20H,3-4H2,1-2H3/b25-19-. The van der Waals surface area contributed by atoms with Gasteiger partial charge in [0.15, 0.2) is 0 Å². The molecule has 158 valence electrons. The fraction of sp³-hybridized carbons (Fsp3) is 0.200. The first-order chi connectivity index (χ1) is 15.2. The molecule has 6 heteroatoms. The number of hydrogen-bond acceptors (Lipinski definition) is 4. The number of rotatable bonds is 8. The molecule has 1 atom stereocenters. The minimum Gasteiger partial charge on any atom is -0.478 e. The Morgan fingerprint density at radius 3 is 2.10 bits per heavy atom. The molecule has 0 bridgehead atoms. The summed E-state index contributed by atoms with van der Waals surface area (Å²) in [6, 6.07) is 27.2. The molecule has 0 aliphatic heterocycles. The highest BCUT2D eigenvalue weighted by atomic mass is 31.2. The SMILES string of the molecule is CCO/C(=C\C(CC)P(=O)(c1ccccc1)c1ccccc1)n1nnc2ccccc21. The average Bonchev–Trinajstić information content (AvgIpc) is 3.26. The maximum atomic E-state index is 14.8. The summed E-state index contributed by atoms with van der Waals surface area (Å²) >= 11 is 0. The van der Waals surface area contributed by atoms with Crippen molar-refractivity contribution >= 4 is 34.7 Å². The molecule has 1 heterocycles. The van der Waals surface area contributed by atoms with Gasteiger partial charge in [-0.3, -0.25) is 0 Å². The van der Waals surface area contributed by atoms with Gasteiger partial charge in [0, 0.05) is 16.3 Å². The van der Waals surface area contributed by atoms with E-state index in [2.05, 4.69) is 17.2 Å². The summed E-state index contributed by atoms with van der Waals surface area (Å²) in [7, 11) is -2.99. The molecule has 0 radical (unpaired) electrons. The van der Waals surface area contributed by atoms with E-state index < -0.39 is 7.14 Å². The Labute approximate surface area is 182 Å². The van der Waals surface area contributed by atoms with Gasteiger partial charge in [-0.15, -0.1) is 5.10 Å². The lowest BCUT2D eigenvalue weighted by atomic mass is 10.3.